The summed E-state index contributed by atoms with van der Waals surface area (Å²) in [7, 11) is -3.23. The van der Waals surface area contributed by atoms with Gasteiger partial charge in [-0.15, -0.1) is 11.3 Å². The van der Waals surface area contributed by atoms with Gasteiger partial charge in [0.15, 0.2) is 0 Å². The van der Waals surface area contributed by atoms with Crippen molar-refractivity contribution >= 4 is 21.4 Å². The molecular formula is C12H20N2O2S2. The van der Waals surface area contributed by atoms with Gasteiger partial charge in [-0.25, -0.2) is 13.1 Å². The maximum Gasteiger partial charge on any atom is 0.212 e. The summed E-state index contributed by atoms with van der Waals surface area (Å²) >= 11 is 1.59. The van der Waals surface area contributed by atoms with Crippen LogP contribution in [0.25, 0.3) is 0 Å². The van der Waals surface area contributed by atoms with E-state index in [4.69, 9.17) is 5.73 Å². The van der Waals surface area contributed by atoms with Crippen LogP contribution in [0.5, 0.6) is 0 Å². The van der Waals surface area contributed by atoms with Crippen molar-refractivity contribution in [1.29, 1.82) is 0 Å². The van der Waals surface area contributed by atoms with Crippen molar-refractivity contribution in [3.63, 3.8) is 0 Å². The van der Waals surface area contributed by atoms with E-state index in [1.54, 1.807) is 11.3 Å². The van der Waals surface area contributed by atoms with Gasteiger partial charge in [0.05, 0.1) is 5.75 Å². The Labute approximate surface area is 113 Å². The second-order valence-corrected chi connectivity index (χ2v) is 7.82. The summed E-state index contributed by atoms with van der Waals surface area (Å²) in [5.74, 6) is 0.148. The number of hydrogen-bond acceptors (Lipinski definition) is 4. The standard InChI is InChI=1S/C12H20N2O2S2/c13-10-12(6-1-2-7-12)14-18(15,16)9-5-11-4-3-8-17-11/h3-4,8,14H,1-2,5-7,9-10,13H2. The lowest BCUT2D eigenvalue weighted by Crippen LogP contribution is -2.52. The van der Waals surface area contributed by atoms with Crippen molar-refractivity contribution in [1.82, 2.24) is 4.72 Å². The van der Waals surface area contributed by atoms with Crippen molar-refractivity contribution in [2.45, 2.75) is 37.6 Å². The highest BCUT2D eigenvalue weighted by Gasteiger charge is 2.35. The predicted molar refractivity (Wildman–Crippen MR) is 75.2 cm³/mol. The zero-order valence-corrected chi connectivity index (χ0v) is 12.0. The third-order valence-electron chi connectivity index (χ3n) is 3.52. The molecule has 1 aromatic heterocycles. The Bertz CT molecular complexity index is 462. The molecule has 18 heavy (non-hydrogen) atoms. The largest absolute Gasteiger partial charge is 0.329 e. The zero-order chi connectivity index (χ0) is 13.1. The Hall–Kier alpha value is -0.430. The van der Waals surface area contributed by atoms with E-state index in [1.165, 1.54) is 0 Å². The van der Waals surface area contributed by atoms with Crippen molar-refractivity contribution in [3.05, 3.63) is 22.4 Å². The fourth-order valence-corrected chi connectivity index (χ4v) is 4.85. The molecule has 1 aromatic rings. The first-order valence-electron chi connectivity index (χ1n) is 6.29. The minimum absolute atomic E-state index is 0.148. The van der Waals surface area contributed by atoms with Crippen LogP contribution in [0, 0.1) is 0 Å². The lowest BCUT2D eigenvalue weighted by molar-refractivity contribution is 0.399. The first-order valence-corrected chi connectivity index (χ1v) is 8.83. The van der Waals surface area contributed by atoms with Crippen molar-refractivity contribution in [3.8, 4) is 0 Å². The molecule has 1 aliphatic carbocycles. The first kappa shape index (κ1) is 14.0. The molecule has 0 spiro atoms. The monoisotopic (exact) mass is 288 g/mol. The van der Waals surface area contributed by atoms with Gasteiger partial charge < -0.3 is 5.73 Å². The average Bonchev–Trinajstić information content (AvgIpc) is 2.97. The number of hydrogen-bond donors (Lipinski definition) is 2. The molecule has 102 valence electrons. The molecule has 0 atom stereocenters. The Kier molecular flexibility index (Phi) is 4.42. The minimum atomic E-state index is -3.23. The normalized spacial score (nSPS) is 19.2. The van der Waals surface area contributed by atoms with Gasteiger partial charge in [-0.05, 0) is 30.7 Å². The lowest BCUT2D eigenvalue weighted by Gasteiger charge is -2.28. The molecule has 0 saturated heterocycles. The van der Waals surface area contributed by atoms with Crippen LogP contribution in [0.15, 0.2) is 17.5 Å². The molecular weight excluding hydrogens is 268 g/mol. The van der Waals surface area contributed by atoms with E-state index in [1.807, 2.05) is 17.5 Å². The summed E-state index contributed by atoms with van der Waals surface area (Å²) in [5.41, 5.74) is 5.36. The quantitative estimate of drug-likeness (QED) is 0.833. The highest BCUT2D eigenvalue weighted by atomic mass is 32.2. The van der Waals surface area contributed by atoms with E-state index in [9.17, 15) is 8.42 Å². The highest BCUT2D eigenvalue weighted by molar-refractivity contribution is 7.89. The molecule has 1 saturated carbocycles. The van der Waals surface area contributed by atoms with Crippen molar-refractivity contribution in [2.75, 3.05) is 12.3 Å². The van der Waals surface area contributed by atoms with Gasteiger partial charge in [0.2, 0.25) is 10.0 Å². The summed E-state index contributed by atoms with van der Waals surface area (Å²) in [4.78, 5) is 1.11. The summed E-state index contributed by atoms with van der Waals surface area (Å²) in [5, 5.41) is 1.97. The molecule has 0 radical (unpaired) electrons. The average molecular weight is 288 g/mol. The molecule has 1 fully saturated rings. The Morgan fingerprint density at radius 3 is 2.67 bits per heavy atom. The van der Waals surface area contributed by atoms with E-state index >= 15 is 0 Å². The van der Waals surface area contributed by atoms with Gasteiger partial charge in [0.25, 0.3) is 0 Å². The smallest absolute Gasteiger partial charge is 0.212 e. The van der Waals surface area contributed by atoms with Gasteiger partial charge in [-0.3, -0.25) is 0 Å². The number of sulfonamides is 1. The summed E-state index contributed by atoms with van der Waals surface area (Å²) < 4.78 is 27.0. The van der Waals surface area contributed by atoms with Gasteiger partial charge in [0.1, 0.15) is 0 Å². The van der Waals surface area contributed by atoms with Crippen LogP contribution in [0.1, 0.15) is 30.6 Å². The third-order valence-corrected chi connectivity index (χ3v) is 5.94. The predicted octanol–water partition coefficient (Wildman–Crippen LogP) is 1.48. The second kappa shape index (κ2) is 5.69. The Morgan fingerprint density at radius 1 is 1.39 bits per heavy atom. The van der Waals surface area contributed by atoms with Crippen LogP contribution in [0.3, 0.4) is 0 Å². The number of nitrogens with one attached hydrogen (secondary N) is 1. The lowest BCUT2D eigenvalue weighted by atomic mass is 10.0. The maximum atomic E-state index is 12.1. The third kappa shape index (κ3) is 3.54. The van der Waals surface area contributed by atoms with Gasteiger partial charge in [-0.2, -0.15) is 0 Å². The fourth-order valence-electron chi connectivity index (χ4n) is 2.47. The van der Waals surface area contributed by atoms with E-state index in [-0.39, 0.29) is 11.3 Å². The van der Waals surface area contributed by atoms with E-state index in [2.05, 4.69) is 4.72 Å². The van der Waals surface area contributed by atoms with Gasteiger partial charge >= 0.3 is 0 Å². The molecule has 3 N–H and O–H groups in total. The molecule has 1 aliphatic rings. The van der Waals surface area contributed by atoms with Crippen LogP contribution >= 0.6 is 11.3 Å². The van der Waals surface area contributed by atoms with Crippen LogP contribution < -0.4 is 10.5 Å². The van der Waals surface area contributed by atoms with Crippen LogP contribution in [0.4, 0.5) is 0 Å². The number of aryl methyl sites for hydroxylation is 1. The fraction of sp³-hybridized carbons (Fsp3) is 0.667. The van der Waals surface area contributed by atoms with Crippen molar-refractivity contribution in [2.24, 2.45) is 5.73 Å². The maximum absolute atomic E-state index is 12.1. The zero-order valence-electron chi connectivity index (χ0n) is 10.4. The Morgan fingerprint density at radius 2 is 2.11 bits per heavy atom. The molecule has 0 aromatic carbocycles. The summed E-state index contributed by atoms with van der Waals surface area (Å²) in [6.45, 7) is 0.394. The highest BCUT2D eigenvalue weighted by Crippen LogP contribution is 2.29. The molecule has 0 unspecified atom stereocenters. The SMILES string of the molecule is NCC1(NS(=O)(=O)CCc2cccs2)CCCC1. The topological polar surface area (TPSA) is 72.2 Å². The number of thiophene rings is 1. The minimum Gasteiger partial charge on any atom is -0.329 e. The molecule has 1 heterocycles. The molecule has 0 amide bonds. The Balaban J connectivity index is 1.94. The van der Waals surface area contributed by atoms with E-state index in [0.29, 0.717) is 13.0 Å². The molecule has 4 nitrogen and oxygen atoms in total. The van der Waals surface area contributed by atoms with Crippen LogP contribution in [-0.2, 0) is 16.4 Å². The van der Waals surface area contributed by atoms with Gasteiger partial charge in [-0.1, -0.05) is 18.9 Å². The first-order chi connectivity index (χ1) is 8.55. The molecule has 0 bridgehead atoms. The van der Waals surface area contributed by atoms with Crippen LogP contribution in [0.2, 0.25) is 0 Å². The van der Waals surface area contributed by atoms with E-state index in [0.717, 1.165) is 30.6 Å². The number of nitrogens with two attached hydrogens (primary N) is 1. The summed E-state index contributed by atoms with van der Waals surface area (Å²) in [6, 6.07) is 3.91. The summed E-state index contributed by atoms with van der Waals surface area (Å²) in [6.07, 6.45) is 4.42. The number of rotatable bonds is 6. The van der Waals surface area contributed by atoms with Crippen molar-refractivity contribution < 1.29 is 8.42 Å². The van der Waals surface area contributed by atoms with Crippen LogP contribution in [-0.4, -0.2) is 26.3 Å². The molecule has 0 aliphatic heterocycles. The van der Waals surface area contributed by atoms with E-state index < -0.39 is 10.0 Å². The molecule has 6 heteroatoms. The molecule has 2 rings (SSSR count). The second-order valence-electron chi connectivity index (χ2n) is 4.94. The van der Waals surface area contributed by atoms with Gasteiger partial charge in [0, 0.05) is 17.0 Å².